The van der Waals surface area contributed by atoms with Gasteiger partial charge in [0.05, 0.1) is 4.90 Å². The molecule has 6 nitrogen and oxygen atoms in total. The van der Waals surface area contributed by atoms with Crippen molar-refractivity contribution in [2.24, 2.45) is 0 Å². The summed E-state index contributed by atoms with van der Waals surface area (Å²) in [6.07, 6.45) is 0. The Morgan fingerprint density at radius 2 is 1.69 bits per heavy atom. The van der Waals surface area contributed by atoms with Crippen molar-refractivity contribution in [2.75, 3.05) is 7.05 Å². The van der Waals surface area contributed by atoms with E-state index in [4.69, 9.17) is 0 Å². The summed E-state index contributed by atoms with van der Waals surface area (Å²) in [6.45, 7) is 0.219. The highest BCUT2D eigenvalue weighted by Gasteiger charge is 2.48. The second-order valence-corrected chi connectivity index (χ2v) is 9.08. The van der Waals surface area contributed by atoms with Crippen molar-refractivity contribution in [1.29, 1.82) is 0 Å². The van der Waals surface area contributed by atoms with E-state index in [-0.39, 0.29) is 11.4 Å². The monoisotopic (exact) mass is 407 g/mol. The van der Waals surface area contributed by atoms with Crippen LogP contribution in [0.25, 0.3) is 11.1 Å². The summed E-state index contributed by atoms with van der Waals surface area (Å²) in [5.41, 5.74) is -4.16. The number of benzene rings is 2. The molecule has 0 saturated carbocycles. The summed E-state index contributed by atoms with van der Waals surface area (Å²) in [4.78, 5) is 0.124. The number of nitrogens with zero attached hydrogens (tertiary/aromatic N) is 1. The lowest BCUT2D eigenvalue weighted by molar-refractivity contribution is -0.0500. The zero-order valence-electron chi connectivity index (χ0n) is 13.2. The minimum absolute atomic E-state index is 0.124. The SMILES string of the molecule is CN1Cc2cccc(-c3ccc(OS(=O)(=O)C(F)(F)F)cc3)c2S1(=O)=O. The third-order valence-electron chi connectivity index (χ3n) is 3.81. The van der Waals surface area contributed by atoms with Gasteiger partial charge in [-0.15, -0.1) is 0 Å². The molecule has 0 unspecified atom stereocenters. The summed E-state index contributed by atoms with van der Waals surface area (Å²) in [5.74, 6) is -0.529. The molecule has 3 rings (SSSR count). The zero-order valence-corrected chi connectivity index (χ0v) is 14.8. The highest BCUT2D eigenvalue weighted by molar-refractivity contribution is 7.89. The van der Waals surface area contributed by atoms with E-state index in [1.54, 1.807) is 18.2 Å². The van der Waals surface area contributed by atoms with Crippen LogP contribution in [0.4, 0.5) is 13.2 Å². The van der Waals surface area contributed by atoms with Crippen LogP contribution >= 0.6 is 0 Å². The van der Waals surface area contributed by atoms with Crippen LogP contribution in [0, 0.1) is 0 Å². The second kappa shape index (κ2) is 5.96. The van der Waals surface area contributed by atoms with E-state index in [2.05, 4.69) is 4.18 Å². The summed E-state index contributed by atoms with van der Waals surface area (Å²) in [5, 5.41) is 0. The first kappa shape index (κ1) is 18.7. The number of halogens is 3. The quantitative estimate of drug-likeness (QED) is 0.577. The molecule has 140 valence electrons. The maximum Gasteiger partial charge on any atom is 0.534 e. The van der Waals surface area contributed by atoms with Crippen LogP contribution in [0.3, 0.4) is 0 Å². The van der Waals surface area contributed by atoms with Gasteiger partial charge < -0.3 is 4.18 Å². The number of hydrogen-bond donors (Lipinski definition) is 0. The van der Waals surface area contributed by atoms with Crippen molar-refractivity contribution >= 4 is 20.1 Å². The molecule has 2 aromatic carbocycles. The lowest BCUT2D eigenvalue weighted by Gasteiger charge is -2.11. The molecule has 11 heteroatoms. The molecule has 0 amide bonds. The first-order valence-electron chi connectivity index (χ1n) is 7.13. The van der Waals surface area contributed by atoms with Gasteiger partial charge in [0, 0.05) is 19.2 Å². The van der Waals surface area contributed by atoms with E-state index in [1.165, 1.54) is 23.5 Å². The molecule has 26 heavy (non-hydrogen) atoms. The number of hydrogen-bond acceptors (Lipinski definition) is 5. The molecule has 1 aliphatic heterocycles. The Morgan fingerprint density at radius 1 is 1.08 bits per heavy atom. The van der Waals surface area contributed by atoms with Gasteiger partial charge in [-0.25, -0.2) is 8.42 Å². The van der Waals surface area contributed by atoms with Gasteiger partial charge in [-0.1, -0.05) is 30.3 Å². The number of rotatable bonds is 3. The average Bonchev–Trinajstić information content (AvgIpc) is 2.76. The molecule has 0 radical (unpaired) electrons. The van der Waals surface area contributed by atoms with Crippen LogP contribution in [0.2, 0.25) is 0 Å². The average molecular weight is 407 g/mol. The molecule has 0 aliphatic carbocycles. The van der Waals surface area contributed by atoms with Gasteiger partial charge in [-0.3, -0.25) is 0 Å². The molecule has 0 spiro atoms. The molecule has 0 fully saturated rings. The molecule has 1 aliphatic rings. The molecule has 0 N–H and O–H groups in total. The van der Waals surface area contributed by atoms with Crippen LogP contribution in [0.1, 0.15) is 5.56 Å². The summed E-state index contributed by atoms with van der Waals surface area (Å²) < 4.78 is 89.2. The lowest BCUT2D eigenvalue weighted by atomic mass is 10.0. The Kier molecular flexibility index (Phi) is 4.28. The topological polar surface area (TPSA) is 80.8 Å². The highest BCUT2D eigenvalue weighted by atomic mass is 32.2. The Morgan fingerprint density at radius 3 is 2.27 bits per heavy atom. The zero-order chi connectivity index (χ0) is 19.3. The fourth-order valence-corrected chi connectivity index (χ4v) is 4.59. The summed E-state index contributed by atoms with van der Waals surface area (Å²) in [7, 11) is -7.99. The first-order valence-corrected chi connectivity index (χ1v) is 9.98. The molecular formula is C15H12F3NO5S2. The lowest BCUT2D eigenvalue weighted by Crippen LogP contribution is -2.28. The highest BCUT2D eigenvalue weighted by Crippen LogP contribution is 2.38. The Balaban J connectivity index is 1.99. The third-order valence-corrected chi connectivity index (χ3v) is 6.74. The third kappa shape index (κ3) is 3.06. The molecular weight excluding hydrogens is 395 g/mol. The number of sulfonamides is 1. The van der Waals surface area contributed by atoms with E-state index in [9.17, 15) is 30.0 Å². The van der Waals surface area contributed by atoms with Crippen molar-refractivity contribution in [3.8, 4) is 16.9 Å². The van der Waals surface area contributed by atoms with E-state index in [0.717, 1.165) is 12.1 Å². The number of fused-ring (bicyclic) bond motifs is 1. The standard InChI is InChI=1S/C15H12F3NO5S2/c1-19-9-11-3-2-4-13(14(11)25(19,20)21)10-5-7-12(8-6-10)24-26(22,23)15(16,17)18/h2-8H,9H2,1H3. The van der Waals surface area contributed by atoms with Crippen molar-refractivity contribution in [3.63, 3.8) is 0 Å². The van der Waals surface area contributed by atoms with E-state index in [0.29, 0.717) is 16.7 Å². The summed E-state index contributed by atoms with van der Waals surface area (Å²) in [6, 6.07) is 9.56. The van der Waals surface area contributed by atoms with E-state index >= 15 is 0 Å². The van der Waals surface area contributed by atoms with Gasteiger partial charge in [0.15, 0.2) is 0 Å². The van der Waals surface area contributed by atoms with Crippen molar-refractivity contribution in [1.82, 2.24) is 4.31 Å². The maximum atomic E-state index is 12.4. The normalized spacial score (nSPS) is 17.1. The number of alkyl halides is 3. The van der Waals surface area contributed by atoms with Crippen LogP contribution in [-0.2, 0) is 26.7 Å². The Hall–Kier alpha value is -2.11. The Labute approximate surface area is 148 Å². The van der Waals surface area contributed by atoms with E-state index in [1.807, 2.05) is 0 Å². The molecule has 0 atom stereocenters. The van der Waals surface area contributed by atoms with Crippen molar-refractivity contribution in [2.45, 2.75) is 16.9 Å². The van der Waals surface area contributed by atoms with Gasteiger partial charge in [0.25, 0.3) is 0 Å². The Bertz CT molecular complexity index is 1060. The second-order valence-electron chi connectivity index (χ2n) is 5.56. The smallest absolute Gasteiger partial charge is 0.376 e. The van der Waals surface area contributed by atoms with Gasteiger partial charge in [0.2, 0.25) is 10.0 Å². The fourth-order valence-electron chi connectivity index (χ4n) is 2.59. The van der Waals surface area contributed by atoms with Gasteiger partial charge in [0.1, 0.15) is 5.75 Å². The molecule has 2 aromatic rings. The molecule has 0 aromatic heterocycles. The van der Waals surface area contributed by atoms with Crippen LogP contribution in [0.5, 0.6) is 5.75 Å². The van der Waals surface area contributed by atoms with Crippen LogP contribution in [0.15, 0.2) is 47.4 Å². The van der Waals surface area contributed by atoms with Crippen LogP contribution < -0.4 is 4.18 Å². The minimum atomic E-state index is -5.77. The van der Waals surface area contributed by atoms with Crippen molar-refractivity contribution in [3.05, 3.63) is 48.0 Å². The predicted molar refractivity (Wildman–Crippen MR) is 86.1 cm³/mol. The predicted octanol–water partition coefficient (Wildman–Crippen LogP) is 2.72. The summed E-state index contributed by atoms with van der Waals surface area (Å²) >= 11 is 0. The van der Waals surface area contributed by atoms with Gasteiger partial charge in [-0.2, -0.15) is 25.9 Å². The van der Waals surface area contributed by atoms with Crippen LogP contribution in [-0.4, -0.2) is 33.7 Å². The van der Waals surface area contributed by atoms with Gasteiger partial charge >= 0.3 is 15.6 Å². The molecule has 0 saturated heterocycles. The van der Waals surface area contributed by atoms with Gasteiger partial charge in [-0.05, 0) is 23.3 Å². The molecule has 0 bridgehead atoms. The molecule has 1 heterocycles. The largest absolute Gasteiger partial charge is 0.534 e. The fraction of sp³-hybridized carbons (Fsp3) is 0.200. The maximum absolute atomic E-state index is 12.4. The van der Waals surface area contributed by atoms with E-state index < -0.39 is 31.4 Å². The first-order chi connectivity index (χ1) is 11.9. The van der Waals surface area contributed by atoms with Crippen molar-refractivity contribution < 1.29 is 34.2 Å². The minimum Gasteiger partial charge on any atom is -0.376 e.